The number of amides is 1. The molecule has 0 spiro atoms. The van der Waals surface area contributed by atoms with Crippen molar-refractivity contribution in [2.45, 2.75) is 24.9 Å². The number of alkyl halides is 3. The third kappa shape index (κ3) is 4.83. The van der Waals surface area contributed by atoms with Crippen LogP contribution in [0, 0.1) is 0 Å². The number of benzene rings is 1. The van der Waals surface area contributed by atoms with Crippen molar-refractivity contribution in [3.8, 4) is 5.75 Å². The molecule has 1 aromatic carbocycles. The number of piperidine rings is 1. The van der Waals surface area contributed by atoms with Crippen LogP contribution in [0.4, 0.5) is 30.6 Å². The number of rotatable bonds is 6. The highest BCUT2D eigenvalue weighted by molar-refractivity contribution is 6.34. The number of primary amides is 1. The van der Waals surface area contributed by atoms with Gasteiger partial charge in [0.2, 0.25) is 5.95 Å². The van der Waals surface area contributed by atoms with Crippen LogP contribution in [0.5, 0.6) is 5.75 Å². The van der Waals surface area contributed by atoms with Gasteiger partial charge in [-0.1, -0.05) is 11.6 Å². The molecule has 1 saturated heterocycles. The Balaban J connectivity index is 2.12. The molecule has 1 amide bonds. The highest BCUT2D eigenvalue weighted by atomic mass is 35.5. The third-order valence-corrected chi connectivity index (χ3v) is 5.73. The second-order valence-electron chi connectivity index (χ2n) is 7.50. The summed E-state index contributed by atoms with van der Waals surface area (Å²) in [4.78, 5) is 22.0. The molecule has 0 saturated carbocycles. The van der Waals surface area contributed by atoms with E-state index in [0.29, 0.717) is 17.4 Å². The van der Waals surface area contributed by atoms with Crippen LogP contribution >= 0.6 is 11.6 Å². The molecular formula is C20H24ClF3N6O2. The summed E-state index contributed by atoms with van der Waals surface area (Å²) in [7, 11) is 4.77. The van der Waals surface area contributed by atoms with Crippen molar-refractivity contribution in [1.29, 1.82) is 0 Å². The van der Waals surface area contributed by atoms with Gasteiger partial charge in [-0.05, 0) is 45.0 Å². The number of ether oxygens (including phenoxy) is 1. The average Bonchev–Trinajstić information content (AvgIpc) is 2.74. The molecule has 3 rings (SSSR count). The Morgan fingerprint density at radius 3 is 2.53 bits per heavy atom. The van der Waals surface area contributed by atoms with Gasteiger partial charge in [0.25, 0.3) is 5.91 Å². The SMILES string of the molecule is CNc1nc(Nc2c(Cl)cc(C(N)=O)c(OC)c2C2CCN(C)CC2)ncc1C(F)(F)F. The number of anilines is 3. The van der Waals surface area contributed by atoms with E-state index in [-0.39, 0.29) is 34.0 Å². The zero-order valence-corrected chi connectivity index (χ0v) is 18.6. The molecule has 1 fully saturated rings. The summed E-state index contributed by atoms with van der Waals surface area (Å²) in [5.74, 6) is -0.925. The maximum absolute atomic E-state index is 13.2. The van der Waals surface area contributed by atoms with Gasteiger partial charge in [0.15, 0.2) is 0 Å². The lowest BCUT2D eigenvalue weighted by Gasteiger charge is -2.32. The number of aromatic nitrogens is 2. The van der Waals surface area contributed by atoms with Gasteiger partial charge < -0.3 is 26.0 Å². The standard InChI is InChI=1S/C20H24ClF3N6O2/c1-26-18-12(20(22,23)24)9-27-19(29-18)28-15-13(21)8-11(17(25)31)16(32-3)14(15)10-4-6-30(2)7-5-10/h8-10H,4-7H2,1-3H3,(H2,25,31)(H2,26,27,28,29). The molecule has 32 heavy (non-hydrogen) atoms. The van der Waals surface area contributed by atoms with E-state index in [9.17, 15) is 18.0 Å². The van der Waals surface area contributed by atoms with Crippen molar-refractivity contribution >= 4 is 35.0 Å². The Hall–Kier alpha value is -2.79. The molecule has 0 aliphatic carbocycles. The predicted octanol–water partition coefficient (Wildman–Crippen LogP) is 3.85. The van der Waals surface area contributed by atoms with Crippen LogP contribution in [0.1, 0.15) is 40.2 Å². The number of methoxy groups -OCH3 is 1. The summed E-state index contributed by atoms with van der Waals surface area (Å²) < 4.78 is 45.1. The first-order chi connectivity index (χ1) is 15.1. The zero-order valence-electron chi connectivity index (χ0n) is 17.8. The maximum atomic E-state index is 13.2. The summed E-state index contributed by atoms with van der Waals surface area (Å²) in [6.07, 6.45) is -2.40. The van der Waals surface area contributed by atoms with Crippen LogP contribution < -0.4 is 21.1 Å². The van der Waals surface area contributed by atoms with Gasteiger partial charge in [-0.25, -0.2) is 4.98 Å². The fourth-order valence-corrected chi connectivity index (χ4v) is 4.08. The van der Waals surface area contributed by atoms with E-state index in [2.05, 4.69) is 25.5 Å². The molecule has 2 heterocycles. The van der Waals surface area contributed by atoms with E-state index >= 15 is 0 Å². The van der Waals surface area contributed by atoms with Crippen LogP contribution in [-0.2, 0) is 6.18 Å². The van der Waals surface area contributed by atoms with Crippen molar-refractivity contribution in [3.63, 3.8) is 0 Å². The fraction of sp³-hybridized carbons (Fsp3) is 0.450. The molecule has 0 unspecified atom stereocenters. The minimum absolute atomic E-state index is 0.0290. The molecule has 8 nitrogen and oxygen atoms in total. The monoisotopic (exact) mass is 472 g/mol. The van der Waals surface area contributed by atoms with Gasteiger partial charge in [-0.15, -0.1) is 0 Å². The average molecular weight is 473 g/mol. The molecule has 2 aromatic rings. The zero-order chi connectivity index (χ0) is 23.6. The quantitative estimate of drug-likeness (QED) is 0.586. The van der Waals surface area contributed by atoms with Gasteiger partial charge >= 0.3 is 6.18 Å². The fourth-order valence-electron chi connectivity index (χ4n) is 3.82. The highest BCUT2D eigenvalue weighted by Crippen LogP contribution is 2.45. The van der Waals surface area contributed by atoms with E-state index in [4.69, 9.17) is 22.1 Å². The van der Waals surface area contributed by atoms with Crippen molar-refractivity contribution < 1.29 is 22.7 Å². The third-order valence-electron chi connectivity index (χ3n) is 5.43. The number of likely N-dealkylation sites (tertiary alicyclic amines) is 1. The minimum atomic E-state index is -4.61. The molecule has 1 aliphatic heterocycles. The molecule has 0 bridgehead atoms. The van der Waals surface area contributed by atoms with Gasteiger partial charge in [0.05, 0.1) is 23.4 Å². The largest absolute Gasteiger partial charge is 0.496 e. The second kappa shape index (κ2) is 9.37. The van der Waals surface area contributed by atoms with Crippen LogP contribution in [0.3, 0.4) is 0 Å². The molecule has 174 valence electrons. The Morgan fingerprint density at radius 1 is 1.34 bits per heavy atom. The smallest absolute Gasteiger partial charge is 0.421 e. The number of halogens is 4. The lowest BCUT2D eigenvalue weighted by molar-refractivity contribution is -0.137. The van der Waals surface area contributed by atoms with Gasteiger partial charge in [0, 0.05) is 18.8 Å². The van der Waals surface area contributed by atoms with E-state index in [0.717, 1.165) is 25.9 Å². The number of nitrogens with two attached hydrogens (primary N) is 1. The first-order valence-electron chi connectivity index (χ1n) is 9.84. The van der Waals surface area contributed by atoms with E-state index in [1.807, 2.05) is 7.05 Å². The molecule has 4 N–H and O–H groups in total. The number of hydrogen-bond donors (Lipinski definition) is 3. The normalized spacial score (nSPS) is 15.5. The van der Waals surface area contributed by atoms with Crippen LogP contribution in [-0.4, -0.2) is 55.1 Å². The predicted molar refractivity (Wildman–Crippen MR) is 116 cm³/mol. The Labute approximate surface area is 188 Å². The summed E-state index contributed by atoms with van der Waals surface area (Å²) in [6, 6.07) is 1.37. The van der Waals surface area contributed by atoms with E-state index in [1.54, 1.807) is 0 Å². The van der Waals surface area contributed by atoms with Crippen molar-refractivity contribution in [2.75, 3.05) is 44.9 Å². The minimum Gasteiger partial charge on any atom is -0.496 e. The Bertz CT molecular complexity index is 1010. The van der Waals surface area contributed by atoms with Gasteiger partial charge in [0.1, 0.15) is 17.1 Å². The summed E-state index contributed by atoms with van der Waals surface area (Å²) >= 11 is 6.50. The molecule has 12 heteroatoms. The molecule has 1 aliphatic rings. The van der Waals surface area contributed by atoms with Gasteiger partial charge in [-0.2, -0.15) is 18.2 Å². The summed E-state index contributed by atoms with van der Waals surface area (Å²) in [5, 5.41) is 5.53. The van der Waals surface area contributed by atoms with Gasteiger partial charge in [-0.3, -0.25) is 4.79 Å². The van der Waals surface area contributed by atoms with Crippen molar-refractivity contribution in [1.82, 2.24) is 14.9 Å². The first kappa shape index (κ1) is 23.9. The first-order valence-corrected chi connectivity index (χ1v) is 10.2. The van der Waals surface area contributed by atoms with E-state index < -0.39 is 17.6 Å². The highest BCUT2D eigenvalue weighted by Gasteiger charge is 2.35. The van der Waals surface area contributed by atoms with Crippen molar-refractivity contribution in [2.24, 2.45) is 5.73 Å². The second-order valence-corrected chi connectivity index (χ2v) is 7.91. The lowest BCUT2D eigenvalue weighted by Crippen LogP contribution is -2.30. The Morgan fingerprint density at radius 2 is 2.00 bits per heavy atom. The molecule has 0 atom stereocenters. The molecule has 0 radical (unpaired) electrons. The van der Waals surface area contributed by atoms with Crippen LogP contribution in [0.2, 0.25) is 5.02 Å². The number of hydrogen-bond acceptors (Lipinski definition) is 7. The summed E-state index contributed by atoms with van der Waals surface area (Å²) in [6.45, 7) is 1.62. The number of carbonyl (C=O) groups is 1. The Kier molecular flexibility index (Phi) is 6.99. The number of carbonyl (C=O) groups excluding carboxylic acids is 1. The molecular weight excluding hydrogens is 449 g/mol. The number of nitrogens with one attached hydrogen (secondary N) is 2. The topological polar surface area (TPSA) is 105 Å². The van der Waals surface area contributed by atoms with E-state index in [1.165, 1.54) is 20.2 Å². The molecule has 1 aromatic heterocycles. The summed E-state index contributed by atoms with van der Waals surface area (Å²) in [5.41, 5.74) is 5.65. The maximum Gasteiger partial charge on any atom is 0.421 e. The van der Waals surface area contributed by atoms with Crippen LogP contribution in [0.15, 0.2) is 12.3 Å². The lowest BCUT2D eigenvalue weighted by atomic mass is 9.86. The van der Waals surface area contributed by atoms with Crippen LogP contribution in [0.25, 0.3) is 0 Å². The van der Waals surface area contributed by atoms with Crippen molar-refractivity contribution in [3.05, 3.63) is 34.0 Å². The number of nitrogens with zero attached hydrogens (tertiary/aromatic N) is 3.